The number of aromatic nitrogens is 4. The lowest BCUT2D eigenvalue weighted by Crippen LogP contribution is -2.17. The van der Waals surface area contributed by atoms with Crippen LogP contribution in [0.15, 0.2) is 72.7 Å². The van der Waals surface area contributed by atoms with Crippen molar-refractivity contribution in [3.63, 3.8) is 0 Å². The Morgan fingerprint density at radius 1 is 1.14 bits per heavy atom. The number of fused-ring (bicyclic) bond motifs is 1. The molecule has 3 heterocycles. The van der Waals surface area contributed by atoms with Gasteiger partial charge in [-0.15, -0.1) is 5.10 Å². The highest BCUT2D eigenvalue weighted by Gasteiger charge is 2.16. The molecule has 0 aliphatic heterocycles. The van der Waals surface area contributed by atoms with Gasteiger partial charge < -0.3 is 5.32 Å². The third-order valence-corrected chi connectivity index (χ3v) is 4.87. The number of carbonyl (C=O) groups is 1. The molecule has 29 heavy (non-hydrogen) atoms. The van der Waals surface area contributed by atoms with Gasteiger partial charge in [-0.05, 0) is 49.2 Å². The lowest BCUT2D eigenvalue weighted by atomic mass is 9.98. The summed E-state index contributed by atoms with van der Waals surface area (Å²) in [6.07, 6.45) is 8.72. The smallest absolute Gasteiger partial charge is 0.251 e. The third-order valence-electron chi connectivity index (χ3n) is 4.87. The molecule has 0 fully saturated rings. The van der Waals surface area contributed by atoms with E-state index in [9.17, 15) is 9.18 Å². The molecule has 5 rings (SSSR count). The van der Waals surface area contributed by atoms with Crippen LogP contribution in [0.5, 0.6) is 0 Å². The van der Waals surface area contributed by atoms with Crippen molar-refractivity contribution in [1.29, 1.82) is 0 Å². The summed E-state index contributed by atoms with van der Waals surface area (Å²) in [4.78, 5) is 20.8. The van der Waals surface area contributed by atoms with Gasteiger partial charge in [-0.25, -0.2) is 14.1 Å². The number of amides is 1. The van der Waals surface area contributed by atoms with Gasteiger partial charge in [0.05, 0.1) is 5.69 Å². The minimum Gasteiger partial charge on any atom is -0.322 e. The molecular formula is C22H16FN5O. The second-order valence-corrected chi connectivity index (χ2v) is 6.81. The van der Waals surface area contributed by atoms with Gasteiger partial charge in [-0.2, -0.15) is 0 Å². The number of allylic oxidation sites excluding steroid dienone is 1. The second-order valence-electron chi connectivity index (χ2n) is 6.81. The molecule has 0 bridgehead atoms. The highest BCUT2D eigenvalue weighted by Crippen LogP contribution is 2.25. The molecule has 0 unspecified atom stereocenters. The Morgan fingerprint density at radius 2 is 2.03 bits per heavy atom. The van der Waals surface area contributed by atoms with Gasteiger partial charge in [-0.1, -0.05) is 12.1 Å². The zero-order valence-electron chi connectivity index (χ0n) is 15.3. The lowest BCUT2D eigenvalue weighted by molar-refractivity contribution is -0.113. The van der Waals surface area contributed by atoms with Gasteiger partial charge in [0.2, 0.25) is 0 Å². The number of pyridine rings is 2. The molecule has 1 amide bonds. The van der Waals surface area contributed by atoms with Crippen LogP contribution in [0, 0.1) is 5.82 Å². The number of halogens is 1. The zero-order chi connectivity index (χ0) is 19.8. The second kappa shape index (κ2) is 6.94. The number of hydrogen-bond donors (Lipinski definition) is 1. The summed E-state index contributed by atoms with van der Waals surface area (Å²) >= 11 is 0. The van der Waals surface area contributed by atoms with Gasteiger partial charge in [0.15, 0.2) is 5.65 Å². The molecule has 0 saturated heterocycles. The molecule has 0 radical (unpaired) electrons. The molecule has 1 N–H and O–H groups in total. The quantitative estimate of drug-likeness (QED) is 0.569. The molecular weight excluding hydrogens is 369 g/mol. The summed E-state index contributed by atoms with van der Waals surface area (Å²) < 4.78 is 15.9. The number of nitrogens with zero attached hydrogens (tertiary/aromatic N) is 4. The number of benzene rings is 1. The van der Waals surface area contributed by atoms with E-state index in [0.29, 0.717) is 11.3 Å². The topological polar surface area (TPSA) is 72.7 Å². The van der Waals surface area contributed by atoms with E-state index in [2.05, 4.69) is 20.4 Å². The summed E-state index contributed by atoms with van der Waals surface area (Å²) in [5.74, 6) is -0.593. The van der Waals surface area contributed by atoms with E-state index >= 15 is 0 Å². The van der Waals surface area contributed by atoms with Crippen molar-refractivity contribution in [2.24, 2.45) is 0 Å². The third kappa shape index (κ3) is 3.27. The maximum Gasteiger partial charge on any atom is 0.251 e. The normalized spacial score (nSPS) is 13.1. The predicted octanol–water partition coefficient (Wildman–Crippen LogP) is 4.28. The van der Waals surface area contributed by atoms with Crippen LogP contribution >= 0.6 is 0 Å². The van der Waals surface area contributed by atoms with Gasteiger partial charge in [-0.3, -0.25) is 9.78 Å². The molecule has 3 aromatic heterocycles. The highest BCUT2D eigenvalue weighted by atomic mass is 19.1. The van der Waals surface area contributed by atoms with Crippen LogP contribution < -0.4 is 5.32 Å². The first-order valence-electron chi connectivity index (χ1n) is 9.24. The number of rotatable bonds is 4. The maximum absolute atomic E-state index is 14.5. The van der Waals surface area contributed by atoms with Crippen molar-refractivity contribution in [3.8, 4) is 16.9 Å². The fourth-order valence-electron chi connectivity index (χ4n) is 3.19. The molecule has 7 heteroatoms. The molecule has 1 aliphatic rings. The Hall–Kier alpha value is -3.87. The van der Waals surface area contributed by atoms with Crippen LogP contribution in [0.2, 0.25) is 0 Å². The largest absolute Gasteiger partial charge is 0.322 e. The average molecular weight is 385 g/mol. The molecule has 0 spiro atoms. The predicted molar refractivity (Wildman–Crippen MR) is 108 cm³/mol. The summed E-state index contributed by atoms with van der Waals surface area (Å²) in [7, 11) is 0. The van der Waals surface area contributed by atoms with Crippen LogP contribution in [-0.2, 0) is 4.79 Å². The standard InChI is InChI=1S/C22H16FN5O/c23-18-8-7-17(26-22(29)14-4-3-5-14)11-20(18)28-13-16-10-15(12-25-21(16)27-28)19-6-1-2-9-24-19/h1-2,4,6-13H,3,5H2,(H,26,29). The molecule has 1 aromatic carbocycles. The van der Waals surface area contributed by atoms with E-state index in [4.69, 9.17) is 0 Å². The highest BCUT2D eigenvalue weighted by molar-refractivity contribution is 6.04. The van der Waals surface area contributed by atoms with Crippen molar-refractivity contribution in [2.45, 2.75) is 12.8 Å². The van der Waals surface area contributed by atoms with Crippen LogP contribution in [0.25, 0.3) is 28.0 Å². The first kappa shape index (κ1) is 17.2. The summed E-state index contributed by atoms with van der Waals surface area (Å²) in [5.41, 5.74) is 3.66. The number of hydrogen-bond acceptors (Lipinski definition) is 4. The van der Waals surface area contributed by atoms with Crippen molar-refractivity contribution >= 4 is 22.6 Å². The van der Waals surface area contributed by atoms with Gasteiger partial charge >= 0.3 is 0 Å². The summed E-state index contributed by atoms with van der Waals surface area (Å²) in [6, 6.07) is 12.0. The van der Waals surface area contributed by atoms with E-state index in [1.807, 2.05) is 30.3 Å². The van der Waals surface area contributed by atoms with Gasteiger partial charge in [0.25, 0.3) is 5.91 Å². The number of carbonyl (C=O) groups excluding carboxylic acids is 1. The van der Waals surface area contributed by atoms with Crippen LogP contribution in [0.4, 0.5) is 10.1 Å². The molecule has 0 atom stereocenters. The number of nitrogens with one attached hydrogen (secondary N) is 1. The van der Waals surface area contributed by atoms with Crippen molar-refractivity contribution in [1.82, 2.24) is 19.7 Å². The van der Waals surface area contributed by atoms with Crippen LogP contribution in [0.1, 0.15) is 12.8 Å². The average Bonchev–Trinajstić information content (AvgIpc) is 3.12. The lowest BCUT2D eigenvalue weighted by Gasteiger charge is -2.14. The van der Waals surface area contributed by atoms with Crippen molar-refractivity contribution in [3.05, 3.63) is 78.5 Å². The Bertz CT molecular complexity index is 1260. The Balaban J connectivity index is 1.50. The van der Waals surface area contributed by atoms with Crippen LogP contribution in [0.3, 0.4) is 0 Å². The summed E-state index contributed by atoms with van der Waals surface area (Å²) in [6.45, 7) is 0. The number of anilines is 1. The molecule has 1 aliphatic carbocycles. The Kier molecular flexibility index (Phi) is 4.13. The van der Waals surface area contributed by atoms with Crippen LogP contribution in [-0.4, -0.2) is 25.7 Å². The van der Waals surface area contributed by atoms with Gasteiger partial charge in [0.1, 0.15) is 11.5 Å². The Labute approximate surface area is 165 Å². The maximum atomic E-state index is 14.5. The Morgan fingerprint density at radius 3 is 2.79 bits per heavy atom. The molecule has 4 aromatic rings. The van der Waals surface area contributed by atoms with E-state index < -0.39 is 5.82 Å². The van der Waals surface area contributed by atoms with Gasteiger partial charge in [0, 0.05) is 40.8 Å². The van der Waals surface area contributed by atoms with Crippen molar-refractivity contribution < 1.29 is 9.18 Å². The minimum absolute atomic E-state index is 0.152. The van der Waals surface area contributed by atoms with E-state index in [0.717, 1.165) is 35.1 Å². The monoisotopic (exact) mass is 385 g/mol. The minimum atomic E-state index is -0.441. The van der Waals surface area contributed by atoms with E-state index in [1.54, 1.807) is 24.7 Å². The van der Waals surface area contributed by atoms with E-state index in [1.165, 1.54) is 16.8 Å². The SMILES string of the molecule is O=C(Nc1ccc(F)c(-n2cc3cc(-c4ccccn4)cnc3n2)c1)C1=CCC1. The first-order valence-corrected chi connectivity index (χ1v) is 9.24. The fourth-order valence-corrected chi connectivity index (χ4v) is 3.19. The van der Waals surface area contributed by atoms with Crippen molar-refractivity contribution in [2.75, 3.05) is 5.32 Å². The van der Waals surface area contributed by atoms with E-state index in [-0.39, 0.29) is 11.6 Å². The molecule has 142 valence electrons. The fraction of sp³-hybridized carbons (Fsp3) is 0.0909. The summed E-state index contributed by atoms with van der Waals surface area (Å²) in [5, 5.41) is 7.95. The first-order chi connectivity index (χ1) is 14.2. The molecule has 0 saturated carbocycles. The molecule has 6 nitrogen and oxygen atoms in total. The zero-order valence-corrected chi connectivity index (χ0v) is 15.3.